The quantitative estimate of drug-likeness (QED) is 0.359. The minimum Gasteiger partial charge on any atom is -0.467 e. The van der Waals surface area contributed by atoms with E-state index in [2.05, 4.69) is 27.2 Å². The lowest BCUT2D eigenvalue weighted by Gasteiger charge is -2.15. The third-order valence-corrected chi connectivity index (χ3v) is 2.77. The number of nitro groups is 1. The number of hydrogen-bond donors (Lipinski definition) is 0. The Kier molecular flexibility index (Phi) is 5.05. The predicted molar refractivity (Wildman–Crippen MR) is 72.2 cm³/mol. The molecule has 0 saturated carbocycles. The molecular formula is C12H12BrNO5. The average Bonchev–Trinajstić information content (AvgIpc) is 2.36. The summed E-state index contributed by atoms with van der Waals surface area (Å²) in [4.78, 5) is 21.8. The lowest BCUT2D eigenvalue weighted by Crippen LogP contribution is -2.26. The molecule has 7 heteroatoms. The second kappa shape index (κ2) is 6.33. The number of aryl methyl sites for hydroxylation is 1. The van der Waals surface area contributed by atoms with E-state index < -0.39 is 17.0 Å². The first-order valence-electron chi connectivity index (χ1n) is 5.22. The van der Waals surface area contributed by atoms with Crippen LogP contribution in [0.3, 0.4) is 0 Å². The summed E-state index contributed by atoms with van der Waals surface area (Å²) in [6, 6.07) is 2.96. The van der Waals surface area contributed by atoms with Gasteiger partial charge < -0.3 is 9.47 Å². The maximum Gasteiger partial charge on any atom is 0.351 e. The van der Waals surface area contributed by atoms with Crippen LogP contribution in [0.5, 0.6) is 5.75 Å². The number of methoxy groups -OCH3 is 1. The van der Waals surface area contributed by atoms with Crippen molar-refractivity contribution >= 4 is 27.6 Å². The minimum atomic E-state index is -1.09. The Morgan fingerprint density at radius 2 is 2.21 bits per heavy atom. The fourth-order valence-electron chi connectivity index (χ4n) is 1.44. The molecule has 0 saturated heterocycles. The third-order valence-electron chi connectivity index (χ3n) is 2.31. The van der Waals surface area contributed by atoms with Crippen molar-refractivity contribution in [3.8, 4) is 5.75 Å². The van der Waals surface area contributed by atoms with Gasteiger partial charge in [0, 0.05) is 10.5 Å². The van der Waals surface area contributed by atoms with Crippen LogP contribution in [0.25, 0.3) is 0 Å². The van der Waals surface area contributed by atoms with E-state index in [9.17, 15) is 14.9 Å². The molecule has 1 aromatic rings. The van der Waals surface area contributed by atoms with Crippen LogP contribution in [0, 0.1) is 17.0 Å². The number of rotatable bonds is 5. The number of nitrogens with zero attached hydrogens (tertiary/aromatic N) is 1. The first kappa shape index (κ1) is 15.2. The molecular weight excluding hydrogens is 318 g/mol. The summed E-state index contributed by atoms with van der Waals surface area (Å²) in [5.41, 5.74) is 0.291. The summed E-state index contributed by atoms with van der Waals surface area (Å²) in [7, 11) is 1.20. The number of halogens is 1. The van der Waals surface area contributed by atoms with Gasteiger partial charge in [-0.2, -0.15) is 0 Å². The molecule has 102 valence electrons. The maximum absolute atomic E-state index is 11.4. The monoisotopic (exact) mass is 329 g/mol. The Morgan fingerprint density at radius 1 is 1.58 bits per heavy atom. The van der Waals surface area contributed by atoms with Gasteiger partial charge in [-0.05, 0) is 24.6 Å². The van der Waals surface area contributed by atoms with Crippen molar-refractivity contribution < 1.29 is 19.2 Å². The van der Waals surface area contributed by atoms with Gasteiger partial charge in [0.1, 0.15) is 0 Å². The molecule has 0 N–H and O–H groups in total. The number of nitro benzene ring substituents is 1. The van der Waals surface area contributed by atoms with E-state index in [1.54, 1.807) is 13.0 Å². The highest BCUT2D eigenvalue weighted by atomic mass is 79.9. The lowest BCUT2D eigenvalue weighted by atomic mass is 10.2. The summed E-state index contributed by atoms with van der Waals surface area (Å²) in [6.45, 7) is 5.09. The van der Waals surface area contributed by atoms with E-state index in [1.165, 1.54) is 19.3 Å². The first-order chi connectivity index (χ1) is 8.90. The van der Waals surface area contributed by atoms with Gasteiger partial charge in [0.25, 0.3) is 0 Å². The minimum absolute atomic E-state index is 0.0171. The summed E-state index contributed by atoms with van der Waals surface area (Å²) in [6.07, 6.45) is 0.125. The SMILES string of the molecule is C=CC(Oc1c(C)cc(Br)cc1[N+](=O)[O-])C(=O)OC. The van der Waals surface area contributed by atoms with Gasteiger partial charge in [-0.15, -0.1) is 0 Å². The fourth-order valence-corrected chi connectivity index (χ4v) is 2.00. The van der Waals surface area contributed by atoms with Gasteiger partial charge in [0.15, 0.2) is 0 Å². The topological polar surface area (TPSA) is 78.7 Å². The van der Waals surface area contributed by atoms with Crippen LogP contribution in [0.4, 0.5) is 5.69 Å². The van der Waals surface area contributed by atoms with Crippen LogP contribution >= 0.6 is 15.9 Å². The number of esters is 1. The van der Waals surface area contributed by atoms with E-state index in [1.807, 2.05) is 0 Å². The summed E-state index contributed by atoms with van der Waals surface area (Å²) in [5.74, 6) is -0.657. The largest absolute Gasteiger partial charge is 0.467 e. The van der Waals surface area contributed by atoms with Gasteiger partial charge >= 0.3 is 11.7 Å². The van der Waals surface area contributed by atoms with Gasteiger partial charge in [0.2, 0.25) is 11.9 Å². The Balaban J connectivity index is 3.22. The predicted octanol–water partition coefficient (Wildman–Crippen LogP) is 2.77. The molecule has 19 heavy (non-hydrogen) atoms. The highest BCUT2D eigenvalue weighted by Crippen LogP contribution is 2.34. The standard InChI is InChI=1S/C12H12BrNO5/c1-4-10(12(15)18-3)19-11-7(2)5-8(13)6-9(11)14(16)17/h4-6,10H,1H2,2-3H3. The average molecular weight is 330 g/mol. The van der Waals surface area contributed by atoms with Crippen LogP contribution in [-0.4, -0.2) is 24.1 Å². The van der Waals surface area contributed by atoms with Crippen LogP contribution < -0.4 is 4.74 Å². The van der Waals surface area contributed by atoms with Gasteiger partial charge in [0.05, 0.1) is 12.0 Å². The molecule has 6 nitrogen and oxygen atoms in total. The molecule has 1 atom stereocenters. The molecule has 1 rings (SSSR count). The zero-order chi connectivity index (χ0) is 14.6. The van der Waals surface area contributed by atoms with Crippen molar-refractivity contribution in [2.24, 2.45) is 0 Å². The second-order valence-electron chi connectivity index (χ2n) is 3.63. The van der Waals surface area contributed by atoms with Crippen LogP contribution in [0.2, 0.25) is 0 Å². The second-order valence-corrected chi connectivity index (χ2v) is 4.54. The number of carbonyl (C=O) groups is 1. The fraction of sp³-hybridized carbons (Fsp3) is 0.250. The van der Waals surface area contributed by atoms with Crippen molar-refractivity contribution in [1.29, 1.82) is 0 Å². The van der Waals surface area contributed by atoms with E-state index in [0.29, 0.717) is 10.0 Å². The maximum atomic E-state index is 11.4. The number of ether oxygens (including phenoxy) is 2. The van der Waals surface area contributed by atoms with Crippen LogP contribution in [0.1, 0.15) is 5.56 Å². The van der Waals surface area contributed by atoms with Crippen molar-refractivity contribution in [2.45, 2.75) is 13.0 Å². The number of hydrogen-bond acceptors (Lipinski definition) is 5. The molecule has 0 radical (unpaired) electrons. The molecule has 0 bridgehead atoms. The van der Waals surface area contributed by atoms with Crippen molar-refractivity contribution in [3.63, 3.8) is 0 Å². The van der Waals surface area contributed by atoms with Crippen molar-refractivity contribution in [2.75, 3.05) is 7.11 Å². The first-order valence-corrected chi connectivity index (χ1v) is 6.01. The Hall–Kier alpha value is -1.89. The van der Waals surface area contributed by atoms with Crippen LogP contribution in [-0.2, 0) is 9.53 Å². The van der Waals surface area contributed by atoms with Gasteiger partial charge in [-0.1, -0.05) is 22.5 Å². The van der Waals surface area contributed by atoms with Gasteiger partial charge in [-0.3, -0.25) is 10.1 Å². The lowest BCUT2D eigenvalue weighted by molar-refractivity contribution is -0.386. The molecule has 0 aliphatic heterocycles. The zero-order valence-electron chi connectivity index (χ0n) is 10.4. The highest BCUT2D eigenvalue weighted by molar-refractivity contribution is 9.10. The highest BCUT2D eigenvalue weighted by Gasteiger charge is 2.25. The summed E-state index contributed by atoms with van der Waals surface area (Å²) >= 11 is 3.17. The molecule has 1 aromatic carbocycles. The van der Waals surface area contributed by atoms with E-state index >= 15 is 0 Å². The third kappa shape index (κ3) is 3.54. The van der Waals surface area contributed by atoms with Gasteiger partial charge in [-0.25, -0.2) is 4.79 Å². The Labute approximate surface area is 118 Å². The summed E-state index contributed by atoms with van der Waals surface area (Å²) in [5, 5.41) is 11.0. The van der Waals surface area contributed by atoms with E-state index in [0.717, 1.165) is 0 Å². The number of benzene rings is 1. The zero-order valence-corrected chi connectivity index (χ0v) is 12.0. The molecule has 0 aliphatic rings. The molecule has 0 spiro atoms. The molecule has 0 aromatic heterocycles. The van der Waals surface area contributed by atoms with E-state index in [4.69, 9.17) is 4.74 Å². The molecule has 0 aliphatic carbocycles. The summed E-state index contributed by atoms with van der Waals surface area (Å²) < 4.78 is 10.4. The molecule has 0 fully saturated rings. The van der Waals surface area contributed by atoms with Crippen molar-refractivity contribution in [3.05, 3.63) is 44.9 Å². The Bertz CT molecular complexity index is 529. The molecule has 0 heterocycles. The van der Waals surface area contributed by atoms with Crippen LogP contribution in [0.15, 0.2) is 29.3 Å². The molecule has 0 amide bonds. The van der Waals surface area contributed by atoms with Crippen molar-refractivity contribution in [1.82, 2.24) is 0 Å². The number of carbonyl (C=O) groups excluding carboxylic acids is 1. The Morgan fingerprint density at radius 3 is 2.68 bits per heavy atom. The normalized spacial score (nSPS) is 11.5. The molecule has 1 unspecified atom stereocenters. The van der Waals surface area contributed by atoms with E-state index in [-0.39, 0.29) is 11.4 Å². The smallest absolute Gasteiger partial charge is 0.351 e.